The van der Waals surface area contributed by atoms with Crippen LogP contribution in [0.25, 0.3) is 10.1 Å². The van der Waals surface area contributed by atoms with Crippen LogP contribution in [-0.2, 0) is 0 Å². The van der Waals surface area contributed by atoms with Gasteiger partial charge >= 0.3 is 0 Å². The Kier molecular flexibility index (Phi) is 3.54. The molecule has 0 saturated heterocycles. The van der Waals surface area contributed by atoms with Crippen molar-refractivity contribution in [1.82, 2.24) is 5.32 Å². The van der Waals surface area contributed by atoms with Crippen LogP contribution < -0.4 is 11.1 Å². The Balaban J connectivity index is 2.31. The zero-order valence-electron chi connectivity index (χ0n) is 10.1. The highest BCUT2D eigenvalue weighted by Crippen LogP contribution is 2.34. The van der Waals surface area contributed by atoms with E-state index in [2.05, 4.69) is 11.2 Å². The fourth-order valence-corrected chi connectivity index (χ4v) is 2.75. The molecule has 0 radical (unpaired) electrons. The van der Waals surface area contributed by atoms with Gasteiger partial charge in [-0.25, -0.2) is 0 Å². The lowest BCUT2D eigenvalue weighted by molar-refractivity contribution is 0.0959. The van der Waals surface area contributed by atoms with Crippen LogP contribution in [0.3, 0.4) is 0 Å². The molecule has 0 spiro atoms. The number of nitrogen functional groups attached to an aromatic ring is 1. The van der Waals surface area contributed by atoms with E-state index in [4.69, 9.17) is 12.2 Å². The van der Waals surface area contributed by atoms with E-state index in [0.29, 0.717) is 23.5 Å². The van der Waals surface area contributed by atoms with Gasteiger partial charge in [0.2, 0.25) is 0 Å². The molecular weight excluding hydrogens is 244 g/mol. The van der Waals surface area contributed by atoms with Crippen LogP contribution in [0.1, 0.15) is 21.7 Å². The van der Waals surface area contributed by atoms with E-state index in [1.807, 2.05) is 25.1 Å². The van der Waals surface area contributed by atoms with Gasteiger partial charge in [-0.05, 0) is 19.1 Å². The second-order valence-electron chi connectivity index (χ2n) is 4.05. The predicted octanol–water partition coefficient (Wildman–Crippen LogP) is 2.55. The van der Waals surface area contributed by atoms with Gasteiger partial charge in [0.05, 0.1) is 5.69 Å². The zero-order chi connectivity index (χ0) is 13.1. The number of aryl methyl sites for hydroxylation is 1. The normalized spacial score (nSPS) is 10.2. The molecule has 3 N–H and O–H groups in total. The number of anilines is 1. The largest absolute Gasteiger partial charge is 0.397 e. The molecule has 1 amide bonds. The number of hydrogen-bond donors (Lipinski definition) is 2. The van der Waals surface area contributed by atoms with E-state index in [0.717, 1.165) is 15.6 Å². The third kappa shape index (κ3) is 2.31. The summed E-state index contributed by atoms with van der Waals surface area (Å²) in [6, 6.07) is 6.00. The lowest BCUT2D eigenvalue weighted by Gasteiger charge is -2.01. The molecule has 2 rings (SSSR count). The number of nitrogens with one attached hydrogen (secondary N) is 1. The quantitative estimate of drug-likeness (QED) is 0.656. The van der Waals surface area contributed by atoms with Crippen LogP contribution in [0.15, 0.2) is 18.2 Å². The number of hydrogen-bond acceptors (Lipinski definition) is 3. The summed E-state index contributed by atoms with van der Waals surface area (Å²) in [5.74, 6) is 2.33. The molecule has 3 nitrogen and oxygen atoms in total. The number of fused-ring (bicyclic) bond motifs is 1. The SMILES string of the molecule is C#CCCNC(=O)c1sc2ccc(C)cc2c1N. The van der Waals surface area contributed by atoms with E-state index < -0.39 is 0 Å². The van der Waals surface area contributed by atoms with E-state index in [-0.39, 0.29) is 5.91 Å². The van der Waals surface area contributed by atoms with Gasteiger partial charge in [-0.1, -0.05) is 11.6 Å². The molecule has 0 aliphatic heterocycles. The monoisotopic (exact) mass is 258 g/mol. The summed E-state index contributed by atoms with van der Waals surface area (Å²) in [5, 5.41) is 3.71. The maximum Gasteiger partial charge on any atom is 0.263 e. The standard InChI is InChI=1S/C14H14N2OS/c1-3-4-7-16-14(17)13-12(15)10-8-9(2)5-6-11(10)18-13/h1,5-6,8H,4,7,15H2,2H3,(H,16,17). The van der Waals surface area contributed by atoms with Crippen LogP contribution in [0.2, 0.25) is 0 Å². The lowest BCUT2D eigenvalue weighted by atomic mass is 10.1. The van der Waals surface area contributed by atoms with E-state index in [1.165, 1.54) is 11.3 Å². The average molecular weight is 258 g/mol. The minimum absolute atomic E-state index is 0.151. The van der Waals surface area contributed by atoms with Crippen LogP contribution >= 0.6 is 11.3 Å². The second-order valence-corrected chi connectivity index (χ2v) is 5.11. The number of amides is 1. The van der Waals surface area contributed by atoms with Crippen LogP contribution in [0, 0.1) is 19.3 Å². The van der Waals surface area contributed by atoms with Gasteiger partial charge < -0.3 is 11.1 Å². The van der Waals surface area contributed by atoms with Crippen molar-refractivity contribution < 1.29 is 4.79 Å². The number of carbonyl (C=O) groups is 1. The van der Waals surface area contributed by atoms with Crippen molar-refractivity contribution in [1.29, 1.82) is 0 Å². The summed E-state index contributed by atoms with van der Waals surface area (Å²) in [5.41, 5.74) is 7.71. The third-order valence-corrected chi connectivity index (χ3v) is 3.83. The van der Waals surface area contributed by atoms with Crippen LogP contribution in [0.5, 0.6) is 0 Å². The molecule has 0 saturated carbocycles. The molecule has 0 fully saturated rings. The maximum atomic E-state index is 11.9. The van der Waals surface area contributed by atoms with Crippen molar-refractivity contribution >= 4 is 33.0 Å². The first-order chi connectivity index (χ1) is 8.63. The molecule has 0 bridgehead atoms. The van der Waals surface area contributed by atoms with E-state index in [9.17, 15) is 4.79 Å². The van der Waals surface area contributed by atoms with Crippen molar-refractivity contribution in [2.45, 2.75) is 13.3 Å². The highest BCUT2D eigenvalue weighted by Gasteiger charge is 2.15. The Labute approximate surface area is 110 Å². The first kappa shape index (κ1) is 12.5. The van der Waals surface area contributed by atoms with Crippen LogP contribution in [-0.4, -0.2) is 12.5 Å². The number of carbonyl (C=O) groups excluding carboxylic acids is 1. The summed E-state index contributed by atoms with van der Waals surface area (Å²) in [7, 11) is 0. The van der Waals surface area contributed by atoms with Crippen LogP contribution in [0.4, 0.5) is 5.69 Å². The predicted molar refractivity (Wildman–Crippen MR) is 76.8 cm³/mol. The second kappa shape index (κ2) is 5.11. The Morgan fingerprint density at radius 3 is 3.06 bits per heavy atom. The smallest absolute Gasteiger partial charge is 0.263 e. The van der Waals surface area contributed by atoms with Crippen molar-refractivity contribution in [2.24, 2.45) is 0 Å². The molecule has 0 aliphatic rings. The fourth-order valence-electron chi connectivity index (χ4n) is 1.73. The third-order valence-electron chi connectivity index (χ3n) is 2.64. The molecule has 0 aliphatic carbocycles. The Morgan fingerprint density at radius 2 is 2.33 bits per heavy atom. The zero-order valence-corrected chi connectivity index (χ0v) is 10.9. The van der Waals surface area contributed by atoms with E-state index >= 15 is 0 Å². The summed E-state index contributed by atoms with van der Waals surface area (Å²) >= 11 is 1.41. The molecule has 2 aromatic rings. The van der Waals surface area contributed by atoms with Gasteiger partial charge in [0.1, 0.15) is 4.88 Å². The minimum Gasteiger partial charge on any atom is -0.397 e. The highest BCUT2D eigenvalue weighted by molar-refractivity contribution is 7.21. The van der Waals surface area contributed by atoms with Gasteiger partial charge in [0.15, 0.2) is 0 Å². The van der Waals surface area contributed by atoms with Crippen molar-refractivity contribution in [3.63, 3.8) is 0 Å². The topological polar surface area (TPSA) is 55.1 Å². The van der Waals surface area contributed by atoms with Gasteiger partial charge in [-0.15, -0.1) is 23.7 Å². The first-order valence-electron chi connectivity index (χ1n) is 5.63. The van der Waals surface area contributed by atoms with Crippen molar-refractivity contribution in [3.8, 4) is 12.3 Å². The molecular formula is C14H14N2OS. The lowest BCUT2D eigenvalue weighted by Crippen LogP contribution is -2.23. The number of nitrogens with two attached hydrogens (primary N) is 1. The Bertz CT molecular complexity index is 637. The Morgan fingerprint density at radius 1 is 1.56 bits per heavy atom. The molecule has 1 heterocycles. The highest BCUT2D eigenvalue weighted by atomic mass is 32.1. The van der Waals surface area contributed by atoms with Gasteiger partial charge in [-0.2, -0.15) is 0 Å². The van der Waals surface area contributed by atoms with Crippen molar-refractivity contribution in [2.75, 3.05) is 12.3 Å². The number of terminal acetylenes is 1. The summed E-state index contributed by atoms with van der Waals surface area (Å²) in [6.45, 7) is 2.48. The van der Waals surface area contributed by atoms with E-state index in [1.54, 1.807) is 0 Å². The fraction of sp³-hybridized carbons (Fsp3) is 0.214. The maximum absolute atomic E-state index is 11.9. The van der Waals surface area contributed by atoms with Gasteiger partial charge in [0.25, 0.3) is 5.91 Å². The molecule has 1 aromatic carbocycles. The summed E-state index contributed by atoms with van der Waals surface area (Å²) < 4.78 is 1.03. The first-order valence-corrected chi connectivity index (χ1v) is 6.45. The molecule has 0 atom stereocenters. The number of benzene rings is 1. The summed E-state index contributed by atoms with van der Waals surface area (Å²) in [4.78, 5) is 12.5. The average Bonchev–Trinajstić information content (AvgIpc) is 2.67. The number of rotatable bonds is 3. The molecule has 18 heavy (non-hydrogen) atoms. The minimum atomic E-state index is -0.151. The number of thiophene rings is 1. The molecule has 92 valence electrons. The molecule has 0 unspecified atom stereocenters. The van der Waals surface area contributed by atoms with Gasteiger partial charge in [-0.3, -0.25) is 4.79 Å². The summed E-state index contributed by atoms with van der Waals surface area (Å²) in [6.07, 6.45) is 5.66. The van der Waals surface area contributed by atoms with Crippen molar-refractivity contribution in [3.05, 3.63) is 28.6 Å². The Hall–Kier alpha value is -1.99. The molecule has 1 aromatic heterocycles. The van der Waals surface area contributed by atoms with Gasteiger partial charge in [0, 0.05) is 23.1 Å². The molecule has 4 heteroatoms.